The van der Waals surface area contributed by atoms with Gasteiger partial charge < -0.3 is 18.9 Å². The summed E-state index contributed by atoms with van der Waals surface area (Å²) in [6.45, 7) is 4.94. The van der Waals surface area contributed by atoms with Crippen molar-refractivity contribution in [1.82, 2.24) is 18.9 Å². The number of likely N-dealkylation sites (tertiary alicyclic amines) is 1. The largest absolute Gasteiger partial charge is 0.497 e. The Morgan fingerprint density at radius 3 is 2.49 bits per heavy atom. The van der Waals surface area contributed by atoms with Gasteiger partial charge >= 0.3 is 5.97 Å². The van der Waals surface area contributed by atoms with Gasteiger partial charge in [-0.3, -0.25) is 24.2 Å². The van der Waals surface area contributed by atoms with Gasteiger partial charge in [-0.15, -0.1) is 0 Å². The number of ether oxygens (including phenoxy) is 2. The van der Waals surface area contributed by atoms with E-state index in [0.29, 0.717) is 49.6 Å². The molecule has 1 fully saturated rings. The molecular weight excluding hydrogens is 498 g/mol. The van der Waals surface area contributed by atoms with Gasteiger partial charge in [0.2, 0.25) is 0 Å². The van der Waals surface area contributed by atoms with Crippen LogP contribution in [0, 0.1) is 18.3 Å². The molecule has 0 unspecified atom stereocenters. The van der Waals surface area contributed by atoms with Gasteiger partial charge in [-0.1, -0.05) is 18.2 Å². The normalized spacial score (nSPS) is 14.1. The number of nitrogens with one attached hydrogen (secondary N) is 1. The number of hydrogen-bond donors (Lipinski definition) is 1. The predicted octanol–water partition coefficient (Wildman–Crippen LogP) is 2.91. The lowest BCUT2D eigenvalue weighted by atomic mass is 9.96. The highest BCUT2D eigenvalue weighted by atomic mass is 16.5. The Labute approximate surface area is 224 Å². The van der Waals surface area contributed by atoms with Crippen molar-refractivity contribution in [3.63, 3.8) is 0 Å². The average molecular weight is 530 g/mol. The first-order chi connectivity index (χ1) is 18.8. The number of hydrogen-bond acceptors (Lipinski definition) is 7. The third kappa shape index (κ3) is 4.89. The van der Waals surface area contributed by atoms with Crippen molar-refractivity contribution in [1.29, 1.82) is 5.41 Å². The summed E-state index contributed by atoms with van der Waals surface area (Å²) in [5, 5.41) is 9.32. The maximum atomic E-state index is 13.7. The molecule has 0 spiro atoms. The fourth-order valence-corrected chi connectivity index (χ4v) is 5.08. The molecule has 4 aromatic rings. The molecule has 5 rings (SSSR count). The van der Waals surface area contributed by atoms with E-state index >= 15 is 0 Å². The maximum absolute atomic E-state index is 13.7. The Hall–Kier alpha value is -4.47. The minimum Gasteiger partial charge on any atom is -0.497 e. The molecule has 3 aromatic heterocycles. The molecular formula is C29H31N5O5. The Morgan fingerprint density at radius 1 is 1.10 bits per heavy atom. The minimum atomic E-state index is -0.346. The number of amides is 1. The van der Waals surface area contributed by atoms with Crippen LogP contribution >= 0.6 is 0 Å². The van der Waals surface area contributed by atoms with Crippen molar-refractivity contribution in [2.45, 2.75) is 33.2 Å². The van der Waals surface area contributed by atoms with Crippen LogP contribution in [0.2, 0.25) is 0 Å². The van der Waals surface area contributed by atoms with Gasteiger partial charge in [0.15, 0.2) is 0 Å². The highest BCUT2D eigenvalue weighted by molar-refractivity contribution is 5.97. The molecule has 1 aliphatic heterocycles. The number of aryl methyl sites for hydroxylation is 1. The van der Waals surface area contributed by atoms with Gasteiger partial charge in [-0.25, -0.2) is 4.98 Å². The van der Waals surface area contributed by atoms with Gasteiger partial charge in [-0.05, 0) is 62.1 Å². The molecule has 4 heterocycles. The number of piperidine rings is 1. The number of carbonyl (C=O) groups is 2. The molecule has 39 heavy (non-hydrogen) atoms. The van der Waals surface area contributed by atoms with Crippen molar-refractivity contribution in [2.24, 2.45) is 5.92 Å². The molecule has 10 nitrogen and oxygen atoms in total. The lowest BCUT2D eigenvalue weighted by Gasteiger charge is -2.31. The molecule has 1 amide bonds. The molecule has 1 aromatic carbocycles. The number of pyridine rings is 2. The van der Waals surface area contributed by atoms with E-state index in [4.69, 9.17) is 19.9 Å². The summed E-state index contributed by atoms with van der Waals surface area (Å²) in [6, 6.07) is 12.6. The van der Waals surface area contributed by atoms with Crippen LogP contribution in [0.4, 0.5) is 0 Å². The molecule has 0 aliphatic carbocycles. The lowest BCUT2D eigenvalue weighted by molar-refractivity contribution is -0.149. The van der Waals surface area contributed by atoms with Crippen molar-refractivity contribution < 1.29 is 19.1 Å². The van der Waals surface area contributed by atoms with Crippen LogP contribution in [0.3, 0.4) is 0 Å². The zero-order valence-corrected chi connectivity index (χ0v) is 22.3. The topological polar surface area (TPSA) is 119 Å². The van der Waals surface area contributed by atoms with Crippen LogP contribution in [-0.4, -0.2) is 57.5 Å². The number of esters is 1. The molecule has 1 N–H and O–H groups in total. The smallest absolute Gasteiger partial charge is 0.309 e. The second kappa shape index (κ2) is 10.7. The molecule has 0 atom stereocenters. The van der Waals surface area contributed by atoms with Crippen molar-refractivity contribution >= 4 is 28.6 Å². The summed E-state index contributed by atoms with van der Waals surface area (Å²) >= 11 is 0. The van der Waals surface area contributed by atoms with E-state index in [-0.39, 0.29) is 46.3 Å². The van der Waals surface area contributed by atoms with Crippen LogP contribution in [0.25, 0.3) is 16.7 Å². The summed E-state index contributed by atoms with van der Waals surface area (Å²) in [6.07, 6.45) is 2.64. The number of methoxy groups -OCH3 is 1. The van der Waals surface area contributed by atoms with E-state index in [1.165, 1.54) is 10.5 Å². The SMILES string of the molecule is CCOC(=O)C1CCN(C(=O)c2cc3c(=O)n4cccc(C)c4nc3n(Cc3ccc(OC)cc3)c2=N)CC1. The predicted molar refractivity (Wildman–Crippen MR) is 145 cm³/mol. The molecule has 10 heteroatoms. The molecule has 0 saturated carbocycles. The average Bonchev–Trinajstić information content (AvgIpc) is 2.95. The highest BCUT2D eigenvalue weighted by Crippen LogP contribution is 2.21. The van der Waals surface area contributed by atoms with Crippen molar-refractivity contribution in [2.75, 3.05) is 26.8 Å². The van der Waals surface area contributed by atoms with Crippen LogP contribution in [0.1, 0.15) is 41.3 Å². The van der Waals surface area contributed by atoms with Gasteiger partial charge in [-0.2, -0.15) is 0 Å². The second-order valence-electron chi connectivity index (χ2n) is 9.70. The quantitative estimate of drug-likeness (QED) is 0.303. The first-order valence-electron chi connectivity index (χ1n) is 13.0. The van der Waals surface area contributed by atoms with Crippen LogP contribution in [0.15, 0.2) is 53.5 Å². The third-order valence-electron chi connectivity index (χ3n) is 7.27. The van der Waals surface area contributed by atoms with Crippen LogP contribution < -0.4 is 15.8 Å². The first kappa shape index (κ1) is 26.1. The minimum absolute atomic E-state index is 0.0272. The zero-order chi connectivity index (χ0) is 27.7. The van der Waals surface area contributed by atoms with E-state index < -0.39 is 0 Å². The molecule has 0 radical (unpaired) electrons. The Kier molecular flexibility index (Phi) is 7.19. The Balaban J connectivity index is 1.61. The number of rotatable bonds is 6. The second-order valence-corrected chi connectivity index (χ2v) is 9.70. The van der Waals surface area contributed by atoms with E-state index in [1.807, 2.05) is 37.3 Å². The number of nitrogens with zero attached hydrogens (tertiary/aromatic N) is 4. The van der Waals surface area contributed by atoms with Gasteiger partial charge in [0.1, 0.15) is 22.5 Å². The molecule has 0 bridgehead atoms. The van der Waals surface area contributed by atoms with Gasteiger partial charge in [0.25, 0.3) is 11.5 Å². The maximum Gasteiger partial charge on any atom is 0.309 e. The number of benzene rings is 1. The van der Waals surface area contributed by atoms with E-state index in [0.717, 1.165) is 11.1 Å². The van der Waals surface area contributed by atoms with Crippen molar-refractivity contribution in [3.05, 3.63) is 81.2 Å². The summed E-state index contributed by atoms with van der Waals surface area (Å²) in [5.74, 6) is -0.131. The summed E-state index contributed by atoms with van der Waals surface area (Å²) < 4.78 is 13.5. The molecule has 202 valence electrons. The van der Waals surface area contributed by atoms with E-state index in [1.54, 1.807) is 35.8 Å². The van der Waals surface area contributed by atoms with Gasteiger partial charge in [0.05, 0.1) is 37.1 Å². The monoisotopic (exact) mass is 529 g/mol. The lowest BCUT2D eigenvalue weighted by Crippen LogP contribution is -2.43. The Morgan fingerprint density at radius 2 is 1.82 bits per heavy atom. The van der Waals surface area contributed by atoms with Gasteiger partial charge in [0, 0.05) is 19.3 Å². The van der Waals surface area contributed by atoms with E-state index in [2.05, 4.69) is 0 Å². The number of carbonyl (C=O) groups excluding carboxylic acids is 2. The summed E-state index contributed by atoms with van der Waals surface area (Å²) in [4.78, 5) is 45.9. The van der Waals surface area contributed by atoms with E-state index in [9.17, 15) is 14.4 Å². The van der Waals surface area contributed by atoms with Crippen LogP contribution in [0.5, 0.6) is 5.75 Å². The number of aromatic nitrogens is 3. The fourth-order valence-electron chi connectivity index (χ4n) is 5.08. The summed E-state index contributed by atoms with van der Waals surface area (Å²) in [5.41, 5.74) is 2.31. The molecule has 1 aliphatic rings. The molecule has 1 saturated heterocycles. The zero-order valence-electron chi connectivity index (χ0n) is 22.3. The Bertz CT molecular complexity index is 1680. The first-order valence-corrected chi connectivity index (χ1v) is 13.0. The number of fused-ring (bicyclic) bond motifs is 2. The summed E-state index contributed by atoms with van der Waals surface area (Å²) in [7, 11) is 1.59. The van der Waals surface area contributed by atoms with Crippen LogP contribution in [-0.2, 0) is 16.1 Å². The third-order valence-corrected chi connectivity index (χ3v) is 7.27. The highest BCUT2D eigenvalue weighted by Gasteiger charge is 2.30. The fraction of sp³-hybridized carbons (Fsp3) is 0.345. The van der Waals surface area contributed by atoms with Crippen molar-refractivity contribution in [3.8, 4) is 5.75 Å². The standard InChI is InChI=1S/C29H31N5O5/c1-4-39-29(37)20-11-14-32(15-12-20)27(35)22-16-23-26(31-25-18(2)6-5-13-33(25)28(23)36)34(24(22)30)17-19-7-9-21(38-3)10-8-19/h5-10,13,16,20,30H,4,11-12,14-15,17H2,1-3H3.